The molecule has 0 amide bonds. The number of carbonyl (C=O) groups excluding carboxylic acids is 2. The van der Waals surface area contributed by atoms with Gasteiger partial charge < -0.3 is 14.8 Å². The molecule has 112 valence electrons. The van der Waals surface area contributed by atoms with E-state index in [2.05, 4.69) is 5.32 Å². The van der Waals surface area contributed by atoms with Crippen molar-refractivity contribution in [2.24, 2.45) is 0 Å². The topological polar surface area (TPSA) is 64.6 Å². The Balaban J connectivity index is 2.04. The molecule has 0 saturated carbocycles. The zero-order valence-corrected chi connectivity index (χ0v) is 12.3. The van der Waals surface area contributed by atoms with Crippen molar-refractivity contribution in [3.05, 3.63) is 29.3 Å². The molecule has 2 atom stereocenters. The first-order valence-corrected chi connectivity index (χ1v) is 7.23. The fraction of sp³-hybridized carbons (Fsp3) is 0.500. The summed E-state index contributed by atoms with van der Waals surface area (Å²) in [5.74, 6) is -0.123. The summed E-state index contributed by atoms with van der Waals surface area (Å²) in [6, 6.07) is 5.93. The van der Waals surface area contributed by atoms with Gasteiger partial charge in [-0.3, -0.25) is 9.59 Å². The van der Waals surface area contributed by atoms with Crippen LogP contribution in [0.4, 0.5) is 0 Å². The number of esters is 2. The van der Waals surface area contributed by atoms with Crippen molar-refractivity contribution in [1.82, 2.24) is 5.32 Å². The largest absolute Gasteiger partial charge is 0.454 e. The van der Waals surface area contributed by atoms with E-state index in [9.17, 15) is 9.59 Å². The predicted molar refractivity (Wildman–Crippen MR) is 75.9 cm³/mol. The normalized spacial score (nSPS) is 26.7. The molecule has 0 spiro atoms. The van der Waals surface area contributed by atoms with Crippen LogP contribution < -0.4 is 10.1 Å². The van der Waals surface area contributed by atoms with Gasteiger partial charge in [0.15, 0.2) is 0 Å². The number of rotatable bonds is 2. The number of benzene rings is 1. The molecule has 5 nitrogen and oxygen atoms in total. The summed E-state index contributed by atoms with van der Waals surface area (Å²) in [5, 5.41) is 3.46. The molecule has 2 bridgehead atoms. The van der Waals surface area contributed by atoms with Crippen LogP contribution in [0, 0.1) is 0 Å². The average molecular weight is 289 g/mol. The van der Waals surface area contributed by atoms with Gasteiger partial charge in [0.25, 0.3) is 0 Å². The lowest BCUT2D eigenvalue weighted by molar-refractivity contribution is -0.164. The first-order chi connectivity index (χ1) is 9.98. The van der Waals surface area contributed by atoms with Gasteiger partial charge in [0, 0.05) is 38.3 Å². The summed E-state index contributed by atoms with van der Waals surface area (Å²) in [6.45, 7) is 3.63. The van der Waals surface area contributed by atoms with Crippen LogP contribution in [-0.2, 0) is 26.3 Å². The van der Waals surface area contributed by atoms with Crippen LogP contribution in [0.2, 0.25) is 0 Å². The van der Waals surface area contributed by atoms with Crippen LogP contribution in [0.1, 0.15) is 37.8 Å². The molecule has 1 aromatic carbocycles. The Morgan fingerprint density at radius 2 is 2.10 bits per heavy atom. The Morgan fingerprint density at radius 3 is 2.81 bits per heavy atom. The van der Waals surface area contributed by atoms with Gasteiger partial charge in [-0.25, -0.2) is 0 Å². The summed E-state index contributed by atoms with van der Waals surface area (Å²) >= 11 is 0. The molecule has 2 aliphatic rings. The molecule has 3 rings (SSSR count). The van der Waals surface area contributed by atoms with E-state index in [0.29, 0.717) is 11.8 Å². The molecule has 1 heterocycles. The summed E-state index contributed by atoms with van der Waals surface area (Å²) < 4.78 is 10.9. The molecule has 5 heteroatoms. The van der Waals surface area contributed by atoms with Gasteiger partial charge in [0.05, 0.1) is 0 Å². The van der Waals surface area contributed by atoms with E-state index in [1.165, 1.54) is 13.8 Å². The Bertz CT molecular complexity index is 598. The summed E-state index contributed by atoms with van der Waals surface area (Å²) in [4.78, 5) is 22.7. The summed E-state index contributed by atoms with van der Waals surface area (Å²) in [6.07, 6.45) is 2.40. The molecule has 1 fully saturated rings. The zero-order valence-electron chi connectivity index (χ0n) is 12.3. The highest BCUT2D eigenvalue weighted by Gasteiger charge is 2.45. The Labute approximate surface area is 123 Å². The van der Waals surface area contributed by atoms with E-state index >= 15 is 0 Å². The Hall–Kier alpha value is -1.88. The van der Waals surface area contributed by atoms with Crippen LogP contribution in [0.3, 0.4) is 0 Å². The smallest absolute Gasteiger partial charge is 0.308 e. The van der Waals surface area contributed by atoms with Crippen molar-refractivity contribution in [1.29, 1.82) is 0 Å². The maximum Gasteiger partial charge on any atom is 0.308 e. The predicted octanol–water partition coefficient (Wildman–Crippen LogP) is 1.68. The minimum absolute atomic E-state index is 0.276. The molecule has 1 aromatic rings. The maximum absolute atomic E-state index is 11.6. The molecule has 0 radical (unpaired) electrons. The third-order valence-electron chi connectivity index (χ3n) is 4.18. The monoisotopic (exact) mass is 289 g/mol. The van der Waals surface area contributed by atoms with Crippen LogP contribution in [0.15, 0.2) is 18.2 Å². The highest BCUT2D eigenvalue weighted by Crippen LogP contribution is 2.44. The molecule has 1 N–H and O–H groups in total. The van der Waals surface area contributed by atoms with Crippen molar-refractivity contribution < 1.29 is 19.1 Å². The number of piperidine rings is 1. The quantitative estimate of drug-likeness (QED) is 0.663. The lowest BCUT2D eigenvalue weighted by Crippen LogP contribution is -2.52. The number of fused-ring (bicyclic) bond motifs is 4. The van der Waals surface area contributed by atoms with E-state index < -0.39 is 5.60 Å². The number of carbonyl (C=O) groups is 2. The Kier molecular flexibility index (Phi) is 3.45. The van der Waals surface area contributed by atoms with Gasteiger partial charge in [-0.2, -0.15) is 0 Å². The molecular weight excluding hydrogens is 270 g/mol. The minimum Gasteiger partial charge on any atom is -0.454 e. The first-order valence-electron chi connectivity index (χ1n) is 7.23. The average Bonchev–Trinajstić information content (AvgIpc) is 2.38. The van der Waals surface area contributed by atoms with E-state index in [0.717, 1.165) is 36.9 Å². The van der Waals surface area contributed by atoms with Gasteiger partial charge in [0.2, 0.25) is 0 Å². The standard InChI is InChI=1S/C16H19NO4/c1-10(18)20-14-4-3-12-7-13-9-16(5-6-17-13,15(12)8-14)21-11(2)19/h3-4,8,13,17H,5-7,9H2,1-2H3/t13-,16+/m0/s1. The SMILES string of the molecule is CC(=O)Oc1ccc2c(c1)[C@@]1(OC(C)=O)CCN[C@@H](C2)C1. The van der Waals surface area contributed by atoms with Crippen molar-refractivity contribution in [2.45, 2.75) is 44.8 Å². The number of nitrogens with one attached hydrogen (secondary N) is 1. The second-order valence-electron chi connectivity index (χ2n) is 5.81. The maximum atomic E-state index is 11.6. The molecular formula is C16H19NO4. The second-order valence-corrected chi connectivity index (χ2v) is 5.81. The zero-order chi connectivity index (χ0) is 15.0. The fourth-order valence-corrected chi connectivity index (χ4v) is 3.51. The van der Waals surface area contributed by atoms with Gasteiger partial charge in [-0.05, 0) is 30.7 Å². The van der Waals surface area contributed by atoms with Gasteiger partial charge in [0.1, 0.15) is 11.4 Å². The van der Waals surface area contributed by atoms with Gasteiger partial charge >= 0.3 is 11.9 Å². The van der Waals surface area contributed by atoms with E-state index in [4.69, 9.17) is 9.47 Å². The van der Waals surface area contributed by atoms with Crippen molar-refractivity contribution >= 4 is 11.9 Å². The van der Waals surface area contributed by atoms with Crippen LogP contribution in [0.5, 0.6) is 5.75 Å². The molecule has 1 aliphatic heterocycles. The van der Waals surface area contributed by atoms with Crippen LogP contribution in [-0.4, -0.2) is 24.5 Å². The van der Waals surface area contributed by atoms with Crippen molar-refractivity contribution in [3.63, 3.8) is 0 Å². The third-order valence-corrected chi connectivity index (χ3v) is 4.18. The lowest BCUT2D eigenvalue weighted by Gasteiger charge is -2.46. The van der Waals surface area contributed by atoms with Crippen molar-refractivity contribution in [2.75, 3.05) is 6.54 Å². The minimum atomic E-state index is -0.592. The van der Waals surface area contributed by atoms with E-state index in [-0.39, 0.29) is 11.9 Å². The lowest BCUT2D eigenvalue weighted by atomic mass is 9.72. The van der Waals surface area contributed by atoms with E-state index in [1.807, 2.05) is 12.1 Å². The summed E-state index contributed by atoms with van der Waals surface area (Å²) in [7, 11) is 0. The van der Waals surface area contributed by atoms with Crippen molar-refractivity contribution in [3.8, 4) is 5.75 Å². The summed E-state index contributed by atoms with van der Waals surface area (Å²) in [5.41, 5.74) is 1.54. The van der Waals surface area contributed by atoms with E-state index in [1.54, 1.807) is 6.07 Å². The number of ether oxygens (including phenoxy) is 2. The van der Waals surface area contributed by atoms with Gasteiger partial charge in [-0.1, -0.05) is 6.07 Å². The molecule has 0 unspecified atom stereocenters. The molecule has 1 aliphatic carbocycles. The van der Waals surface area contributed by atoms with Gasteiger partial charge in [-0.15, -0.1) is 0 Å². The van der Waals surface area contributed by atoms with Crippen LogP contribution >= 0.6 is 0 Å². The first kappa shape index (κ1) is 14.1. The fourth-order valence-electron chi connectivity index (χ4n) is 3.51. The highest BCUT2D eigenvalue weighted by molar-refractivity contribution is 5.70. The number of hydrogen-bond acceptors (Lipinski definition) is 5. The molecule has 21 heavy (non-hydrogen) atoms. The third kappa shape index (κ3) is 2.65. The molecule has 0 aromatic heterocycles. The molecule has 1 saturated heterocycles. The van der Waals surface area contributed by atoms with Crippen LogP contribution in [0.25, 0.3) is 0 Å². The highest BCUT2D eigenvalue weighted by atomic mass is 16.6. The number of hydrogen-bond donors (Lipinski definition) is 1. The Morgan fingerprint density at radius 1 is 1.29 bits per heavy atom. The second kappa shape index (κ2) is 5.15.